The molecule has 0 N–H and O–H groups in total. The predicted molar refractivity (Wildman–Crippen MR) is 147 cm³/mol. The fraction of sp³-hybridized carbons (Fsp3) is 0.345. The van der Waals surface area contributed by atoms with E-state index in [1.54, 1.807) is 19.2 Å². The largest absolute Gasteiger partial charge is 0.482 e. The number of amides is 1. The molecule has 2 aromatic carbocycles. The van der Waals surface area contributed by atoms with Crippen LogP contribution in [0.1, 0.15) is 59.5 Å². The molecule has 1 amide bonds. The Morgan fingerprint density at radius 1 is 1.03 bits per heavy atom. The third-order valence-corrected chi connectivity index (χ3v) is 7.25. The quantitative estimate of drug-likeness (QED) is 0.233. The smallest absolute Gasteiger partial charge is 0.277 e. The van der Waals surface area contributed by atoms with Gasteiger partial charge in [-0.3, -0.25) is 14.4 Å². The standard InChI is InChI=1S/C29H32FN3O4S/c1-20(2)16-22(17-25(35)23-12-8-5-9-13-23)18-26-31(3)29(36)27-28(37-19-21-10-6-4-7-11-21)24(34)14-15-32(27)33(26)38-30/h4-15,20,22,26H,16-19H2,1-3H3. The summed E-state index contributed by atoms with van der Waals surface area (Å²) in [5, 5.41) is 0. The number of aromatic nitrogens is 1. The molecule has 4 rings (SSSR count). The number of carbonyl (C=O) groups is 2. The average molecular weight is 538 g/mol. The van der Waals surface area contributed by atoms with E-state index < -0.39 is 17.5 Å². The van der Waals surface area contributed by atoms with Crippen LogP contribution in [0.5, 0.6) is 5.75 Å². The van der Waals surface area contributed by atoms with E-state index in [0.29, 0.717) is 17.9 Å². The van der Waals surface area contributed by atoms with Crippen molar-refractivity contribution in [1.82, 2.24) is 9.58 Å². The summed E-state index contributed by atoms with van der Waals surface area (Å²) in [5.41, 5.74) is 0.981. The van der Waals surface area contributed by atoms with E-state index >= 15 is 0 Å². The van der Waals surface area contributed by atoms with Crippen molar-refractivity contribution in [3.63, 3.8) is 0 Å². The van der Waals surface area contributed by atoms with Crippen molar-refractivity contribution in [1.29, 1.82) is 0 Å². The number of fused-ring (bicyclic) bond motifs is 1. The summed E-state index contributed by atoms with van der Waals surface area (Å²) in [4.78, 5) is 40.8. The Balaban J connectivity index is 1.62. The number of hydrogen-bond donors (Lipinski definition) is 0. The summed E-state index contributed by atoms with van der Waals surface area (Å²) in [5.74, 6) is -0.337. The molecular formula is C29H32FN3O4S. The second-order valence-electron chi connectivity index (χ2n) is 9.97. The molecule has 2 unspecified atom stereocenters. The maximum absolute atomic E-state index is 14.5. The monoisotopic (exact) mass is 537 g/mol. The average Bonchev–Trinajstić information content (AvgIpc) is 2.92. The second-order valence-corrected chi connectivity index (χ2v) is 10.5. The number of benzene rings is 2. The molecule has 0 saturated carbocycles. The number of carbonyl (C=O) groups excluding carboxylic acids is 2. The molecule has 2 heterocycles. The number of ketones is 1. The molecule has 1 aromatic heterocycles. The normalized spacial score (nSPS) is 15.9. The maximum atomic E-state index is 14.5. The van der Waals surface area contributed by atoms with Gasteiger partial charge < -0.3 is 9.64 Å². The number of pyridine rings is 1. The number of nitrogens with zero attached hydrogens (tertiary/aromatic N) is 3. The topological polar surface area (TPSA) is 71.8 Å². The van der Waals surface area contributed by atoms with Crippen LogP contribution in [0.2, 0.25) is 0 Å². The first-order chi connectivity index (χ1) is 18.3. The first kappa shape index (κ1) is 27.4. The van der Waals surface area contributed by atoms with Gasteiger partial charge in [0.1, 0.15) is 12.8 Å². The van der Waals surface area contributed by atoms with Gasteiger partial charge in [-0.05, 0) is 30.2 Å². The van der Waals surface area contributed by atoms with Crippen molar-refractivity contribution in [2.24, 2.45) is 11.8 Å². The lowest BCUT2D eigenvalue weighted by molar-refractivity contribution is 0.0627. The highest BCUT2D eigenvalue weighted by molar-refractivity contribution is 7.95. The molecule has 0 aliphatic carbocycles. The van der Waals surface area contributed by atoms with Crippen LogP contribution in [0.4, 0.5) is 3.89 Å². The van der Waals surface area contributed by atoms with Crippen LogP contribution >= 0.6 is 12.3 Å². The molecule has 1 aliphatic rings. The number of rotatable bonds is 11. The van der Waals surface area contributed by atoms with Gasteiger partial charge in [0.05, 0.1) is 0 Å². The summed E-state index contributed by atoms with van der Waals surface area (Å²) in [7, 11) is 1.59. The highest BCUT2D eigenvalue weighted by Crippen LogP contribution is 2.33. The zero-order chi connectivity index (χ0) is 27.2. The minimum absolute atomic E-state index is 0.0149. The van der Waals surface area contributed by atoms with E-state index in [-0.39, 0.29) is 48.5 Å². The van der Waals surface area contributed by atoms with Gasteiger partial charge in [-0.2, -0.15) is 0 Å². The minimum atomic E-state index is -0.679. The molecule has 0 spiro atoms. The third-order valence-electron chi connectivity index (χ3n) is 6.69. The SMILES string of the molecule is CC(C)CC(CC(=O)c1ccccc1)CC1N(C)C(=O)c2c(OCc3ccccc3)c(=O)ccn2N1SF. The van der Waals surface area contributed by atoms with Gasteiger partial charge in [-0.15, -0.1) is 3.89 Å². The van der Waals surface area contributed by atoms with Gasteiger partial charge in [0, 0.05) is 31.3 Å². The Hall–Kier alpha value is -3.59. The van der Waals surface area contributed by atoms with Crippen molar-refractivity contribution < 1.29 is 18.2 Å². The zero-order valence-electron chi connectivity index (χ0n) is 21.7. The van der Waals surface area contributed by atoms with Gasteiger partial charge in [0.2, 0.25) is 5.43 Å². The Kier molecular flexibility index (Phi) is 8.89. The van der Waals surface area contributed by atoms with Gasteiger partial charge >= 0.3 is 0 Å². The van der Waals surface area contributed by atoms with Crippen molar-refractivity contribution >= 4 is 24.0 Å². The van der Waals surface area contributed by atoms with Gasteiger partial charge in [-0.1, -0.05) is 74.5 Å². The lowest BCUT2D eigenvalue weighted by Crippen LogP contribution is -2.57. The lowest BCUT2D eigenvalue weighted by Gasteiger charge is -2.43. The molecule has 9 heteroatoms. The van der Waals surface area contributed by atoms with Crippen LogP contribution in [-0.4, -0.2) is 34.5 Å². The number of halogens is 1. The second kappa shape index (κ2) is 12.3. The van der Waals surface area contributed by atoms with Crippen LogP contribution in [0.3, 0.4) is 0 Å². The van der Waals surface area contributed by atoms with Crippen molar-refractivity contribution in [3.05, 3.63) is 100.0 Å². The van der Waals surface area contributed by atoms with Crippen molar-refractivity contribution in [2.45, 2.75) is 45.9 Å². The molecule has 0 fully saturated rings. The first-order valence-electron chi connectivity index (χ1n) is 12.7. The molecule has 3 aromatic rings. The van der Waals surface area contributed by atoms with Crippen LogP contribution in [-0.2, 0) is 6.61 Å². The molecule has 2 atom stereocenters. The summed E-state index contributed by atoms with van der Waals surface area (Å²) in [6, 6.07) is 19.7. The zero-order valence-corrected chi connectivity index (χ0v) is 22.6. The molecular weight excluding hydrogens is 505 g/mol. The Morgan fingerprint density at radius 2 is 1.68 bits per heavy atom. The van der Waals surface area contributed by atoms with Crippen molar-refractivity contribution in [3.8, 4) is 5.75 Å². The van der Waals surface area contributed by atoms with Gasteiger partial charge in [0.25, 0.3) is 5.91 Å². The molecule has 0 saturated heterocycles. The van der Waals surface area contributed by atoms with Gasteiger partial charge in [-0.25, -0.2) is 9.09 Å². The lowest BCUT2D eigenvalue weighted by atomic mass is 9.87. The highest BCUT2D eigenvalue weighted by atomic mass is 32.2. The van der Waals surface area contributed by atoms with Gasteiger partial charge in [0.15, 0.2) is 29.6 Å². The summed E-state index contributed by atoms with van der Waals surface area (Å²) >= 11 is -0.0326. The highest BCUT2D eigenvalue weighted by Gasteiger charge is 2.40. The van der Waals surface area contributed by atoms with E-state index in [2.05, 4.69) is 13.8 Å². The van der Waals surface area contributed by atoms with Crippen LogP contribution in [0.25, 0.3) is 0 Å². The summed E-state index contributed by atoms with van der Waals surface area (Å²) in [6.07, 6.45) is 2.12. The molecule has 0 bridgehead atoms. The van der Waals surface area contributed by atoms with Crippen LogP contribution in [0, 0.1) is 11.8 Å². The van der Waals surface area contributed by atoms with Crippen LogP contribution < -0.4 is 14.6 Å². The third kappa shape index (κ3) is 6.10. The van der Waals surface area contributed by atoms with E-state index in [1.165, 1.54) is 26.3 Å². The Labute approximate surface area is 226 Å². The fourth-order valence-electron chi connectivity index (χ4n) is 4.89. The number of ether oxygens (including phenoxy) is 1. The number of hydrogen-bond acceptors (Lipinski definition) is 6. The van der Waals surface area contributed by atoms with E-state index in [9.17, 15) is 18.3 Å². The van der Waals surface area contributed by atoms with Crippen molar-refractivity contribution in [2.75, 3.05) is 11.5 Å². The number of Topliss-reactive ketones (excluding diaryl/α,β-unsaturated/α-hetero) is 1. The minimum Gasteiger partial charge on any atom is -0.482 e. The van der Waals surface area contributed by atoms with E-state index in [0.717, 1.165) is 12.0 Å². The molecule has 38 heavy (non-hydrogen) atoms. The van der Waals surface area contributed by atoms with Crippen LogP contribution in [0.15, 0.2) is 77.7 Å². The first-order valence-corrected chi connectivity index (χ1v) is 13.3. The molecule has 200 valence electrons. The van der Waals surface area contributed by atoms with E-state index in [1.807, 2.05) is 48.5 Å². The maximum Gasteiger partial charge on any atom is 0.277 e. The molecule has 1 aliphatic heterocycles. The fourth-order valence-corrected chi connectivity index (χ4v) is 5.41. The molecule has 7 nitrogen and oxygen atoms in total. The summed E-state index contributed by atoms with van der Waals surface area (Å²) < 4.78 is 23.0. The van der Waals surface area contributed by atoms with E-state index in [4.69, 9.17) is 4.74 Å². The summed E-state index contributed by atoms with van der Waals surface area (Å²) in [6.45, 7) is 4.25. The Morgan fingerprint density at radius 3 is 2.32 bits per heavy atom. The predicted octanol–water partition coefficient (Wildman–Crippen LogP) is 5.64. The Bertz CT molecular complexity index is 1320. The molecule has 0 radical (unpaired) electrons.